The zero-order valence-electron chi connectivity index (χ0n) is 7.98. The summed E-state index contributed by atoms with van der Waals surface area (Å²) in [6, 6.07) is 0. The minimum absolute atomic E-state index is 0.116. The fraction of sp³-hybridized carbons (Fsp3) is 0.778. The van der Waals surface area contributed by atoms with E-state index in [0.717, 1.165) is 0 Å². The molecule has 0 aromatic rings. The molecule has 0 aliphatic carbocycles. The third-order valence-corrected chi connectivity index (χ3v) is 1.24. The molecule has 0 aliphatic rings. The predicted octanol–water partition coefficient (Wildman–Crippen LogP) is -0.202. The number of aliphatic hydroxyl groups excluding tert-OH is 2. The zero-order chi connectivity index (χ0) is 10.3. The molecule has 0 bridgehead atoms. The van der Waals surface area contributed by atoms with Crippen LogP contribution in [-0.4, -0.2) is 48.3 Å². The van der Waals surface area contributed by atoms with Crippen LogP contribution in [0, 0.1) is 13.8 Å². The first-order valence-corrected chi connectivity index (χ1v) is 4.24. The molecule has 13 heavy (non-hydrogen) atoms. The van der Waals surface area contributed by atoms with Gasteiger partial charge in [-0.3, -0.25) is 0 Å². The van der Waals surface area contributed by atoms with Gasteiger partial charge in [-0.1, -0.05) is 0 Å². The SMILES string of the molecule is [CH2]C(O)COCC(C)OCC([CH2])O. The van der Waals surface area contributed by atoms with Crippen LogP contribution in [-0.2, 0) is 9.47 Å². The molecule has 0 saturated heterocycles. The van der Waals surface area contributed by atoms with E-state index in [0.29, 0.717) is 6.61 Å². The Morgan fingerprint density at radius 2 is 1.62 bits per heavy atom. The smallest absolute Gasteiger partial charge is 0.0781 e. The topological polar surface area (TPSA) is 58.9 Å². The summed E-state index contributed by atoms with van der Waals surface area (Å²) < 4.78 is 10.2. The molecule has 0 heterocycles. The van der Waals surface area contributed by atoms with Crippen LogP contribution in [0.1, 0.15) is 6.92 Å². The summed E-state index contributed by atoms with van der Waals surface area (Å²) in [4.78, 5) is 0. The standard InChI is InChI=1S/C9H18O4/c1-7(10)4-12-6-9(3)13-5-8(2)11/h7-11H,1-2,4-6H2,3H3. The van der Waals surface area contributed by atoms with Crippen molar-refractivity contribution in [2.24, 2.45) is 0 Å². The van der Waals surface area contributed by atoms with Crippen molar-refractivity contribution in [2.45, 2.75) is 25.2 Å². The van der Waals surface area contributed by atoms with E-state index in [4.69, 9.17) is 19.7 Å². The Bertz CT molecular complexity index is 114. The van der Waals surface area contributed by atoms with Gasteiger partial charge < -0.3 is 19.7 Å². The summed E-state index contributed by atoms with van der Waals surface area (Å²) in [6.07, 6.45) is -1.53. The van der Waals surface area contributed by atoms with E-state index in [1.54, 1.807) is 0 Å². The fourth-order valence-electron chi connectivity index (χ4n) is 0.693. The summed E-state index contributed by atoms with van der Waals surface area (Å²) in [5.41, 5.74) is 0. The van der Waals surface area contributed by atoms with Gasteiger partial charge in [-0.15, -0.1) is 0 Å². The number of rotatable bonds is 7. The monoisotopic (exact) mass is 190 g/mol. The molecule has 0 aromatic heterocycles. The van der Waals surface area contributed by atoms with Crippen LogP contribution >= 0.6 is 0 Å². The molecular weight excluding hydrogens is 172 g/mol. The van der Waals surface area contributed by atoms with Gasteiger partial charge >= 0.3 is 0 Å². The fourth-order valence-corrected chi connectivity index (χ4v) is 0.693. The highest BCUT2D eigenvalue weighted by atomic mass is 16.5. The van der Waals surface area contributed by atoms with E-state index in [1.165, 1.54) is 0 Å². The molecule has 0 amide bonds. The number of ether oxygens (including phenoxy) is 2. The quantitative estimate of drug-likeness (QED) is 0.583. The average Bonchev–Trinajstić information content (AvgIpc) is 2.00. The Balaban J connectivity index is 3.25. The van der Waals surface area contributed by atoms with Crippen molar-refractivity contribution in [1.82, 2.24) is 0 Å². The predicted molar refractivity (Wildman–Crippen MR) is 49.0 cm³/mol. The van der Waals surface area contributed by atoms with Crippen molar-refractivity contribution in [3.63, 3.8) is 0 Å². The lowest BCUT2D eigenvalue weighted by Gasteiger charge is -2.15. The van der Waals surface area contributed by atoms with Crippen LogP contribution in [0.3, 0.4) is 0 Å². The molecule has 0 rings (SSSR count). The van der Waals surface area contributed by atoms with Crippen LogP contribution < -0.4 is 0 Å². The molecule has 78 valence electrons. The Morgan fingerprint density at radius 1 is 1.08 bits per heavy atom. The normalized spacial score (nSPS) is 18.2. The molecule has 0 saturated carbocycles. The lowest BCUT2D eigenvalue weighted by molar-refractivity contribution is -0.0428. The molecule has 0 spiro atoms. The second-order valence-corrected chi connectivity index (χ2v) is 2.99. The molecule has 2 N–H and O–H groups in total. The summed E-state index contributed by atoms with van der Waals surface area (Å²) >= 11 is 0. The molecule has 3 atom stereocenters. The Morgan fingerprint density at radius 3 is 2.08 bits per heavy atom. The van der Waals surface area contributed by atoms with Crippen molar-refractivity contribution >= 4 is 0 Å². The van der Waals surface area contributed by atoms with Crippen molar-refractivity contribution in [1.29, 1.82) is 0 Å². The van der Waals surface area contributed by atoms with Crippen molar-refractivity contribution in [3.05, 3.63) is 13.8 Å². The van der Waals surface area contributed by atoms with Crippen molar-refractivity contribution in [3.8, 4) is 0 Å². The second-order valence-electron chi connectivity index (χ2n) is 2.99. The highest BCUT2D eigenvalue weighted by molar-refractivity contribution is 4.58. The Kier molecular flexibility index (Phi) is 7.17. The molecule has 2 radical (unpaired) electrons. The highest BCUT2D eigenvalue weighted by Gasteiger charge is 2.05. The Hall–Kier alpha value is -0.160. The van der Waals surface area contributed by atoms with Gasteiger partial charge in [-0.2, -0.15) is 0 Å². The van der Waals surface area contributed by atoms with E-state index >= 15 is 0 Å². The summed E-state index contributed by atoms with van der Waals surface area (Å²) in [6.45, 7) is 9.29. The first-order valence-electron chi connectivity index (χ1n) is 4.24. The summed E-state index contributed by atoms with van der Waals surface area (Å²) in [5.74, 6) is 0. The van der Waals surface area contributed by atoms with E-state index in [1.807, 2.05) is 6.92 Å². The van der Waals surface area contributed by atoms with E-state index in [-0.39, 0.29) is 19.3 Å². The van der Waals surface area contributed by atoms with Crippen molar-refractivity contribution in [2.75, 3.05) is 19.8 Å². The van der Waals surface area contributed by atoms with Crippen LogP contribution in [0.2, 0.25) is 0 Å². The van der Waals surface area contributed by atoms with Crippen LogP contribution in [0.15, 0.2) is 0 Å². The van der Waals surface area contributed by atoms with E-state index in [2.05, 4.69) is 13.8 Å². The third kappa shape index (κ3) is 9.76. The van der Waals surface area contributed by atoms with Gasteiger partial charge in [0.15, 0.2) is 0 Å². The van der Waals surface area contributed by atoms with E-state index in [9.17, 15) is 0 Å². The molecule has 4 nitrogen and oxygen atoms in total. The van der Waals surface area contributed by atoms with Gasteiger partial charge in [0, 0.05) is 0 Å². The molecule has 4 heteroatoms. The number of aliphatic hydroxyl groups is 2. The molecule has 0 aromatic carbocycles. The largest absolute Gasteiger partial charge is 0.391 e. The maximum Gasteiger partial charge on any atom is 0.0781 e. The molecule has 0 aliphatic heterocycles. The minimum atomic E-state index is -0.708. The van der Waals surface area contributed by atoms with Crippen molar-refractivity contribution < 1.29 is 19.7 Å². The summed E-state index contributed by atoms with van der Waals surface area (Å²) in [7, 11) is 0. The van der Waals surface area contributed by atoms with E-state index < -0.39 is 12.2 Å². The minimum Gasteiger partial charge on any atom is -0.391 e. The number of hydrogen-bond donors (Lipinski definition) is 2. The third-order valence-electron chi connectivity index (χ3n) is 1.24. The first-order chi connectivity index (χ1) is 6.02. The zero-order valence-corrected chi connectivity index (χ0v) is 7.98. The van der Waals surface area contributed by atoms with Gasteiger partial charge in [0.1, 0.15) is 0 Å². The van der Waals surface area contributed by atoms with Crippen LogP contribution in [0.4, 0.5) is 0 Å². The first kappa shape index (κ1) is 12.8. The van der Waals surface area contributed by atoms with Crippen LogP contribution in [0.5, 0.6) is 0 Å². The Labute approximate surface area is 79.5 Å². The lowest BCUT2D eigenvalue weighted by Crippen LogP contribution is -2.23. The number of hydrogen-bond acceptors (Lipinski definition) is 4. The van der Waals surface area contributed by atoms with Gasteiger partial charge in [0.25, 0.3) is 0 Å². The maximum atomic E-state index is 8.79. The van der Waals surface area contributed by atoms with Gasteiger partial charge in [0.2, 0.25) is 0 Å². The maximum absolute atomic E-state index is 8.79. The molecular formula is C9H18O4. The molecule has 0 fully saturated rings. The second kappa shape index (κ2) is 7.26. The summed E-state index contributed by atoms with van der Waals surface area (Å²) in [5, 5.41) is 17.5. The highest BCUT2D eigenvalue weighted by Crippen LogP contribution is 1.94. The molecule has 3 unspecified atom stereocenters. The van der Waals surface area contributed by atoms with Crippen LogP contribution in [0.25, 0.3) is 0 Å². The lowest BCUT2D eigenvalue weighted by atomic mass is 10.4. The van der Waals surface area contributed by atoms with Gasteiger partial charge in [-0.25, -0.2) is 0 Å². The van der Waals surface area contributed by atoms with Gasteiger partial charge in [0.05, 0.1) is 38.1 Å². The average molecular weight is 190 g/mol. The van der Waals surface area contributed by atoms with Gasteiger partial charge in [-0.05, 0) is 20.8 Å².